The highest BCUT2D eigenvalue weighted by Gasteiger charge is 2.19. The molecule has 0 aliphatic carbocycles. The lowest BCUT2D eigenvalue weighted by Crippen LogP contribution is -2.30. The lowest BCUT2D eigenvalue weighted by Gasteiger charge is -2.28. The van der Waals surface area contributed by atoms with E-state index in [1.54, 1.807) is 11.9 Å². The second kappa shape index (κ2) is 7.58. The Kier molecular flexibility index (Phi) is 6.40. The van der Waals surface area contributed by atoms with Crippen molar-refractivity contribution in [1.82, 2.24) is 0 Å². The molecule has 0 amide bonds. The monoisotopic (exact) mass is 284 g/mol. The zero-order valence-electron chi connectivity index (χ0n) is 12.9. The highest BCUT2D eigenvalue weighted by Crippen LogP contribution is 2.27. The fourth-order valence-corrected chi connectivity index (χ4v) is 2.35. The average Bonchev–Trinajstić information content (AvgIpc) is 2.37. The van der Waals surface area contributed by atoms with Crippen LogP contribution in [0.15, 0.2) is 12.1 Å². The Labute approximate surface area is 121 Å². The van der Waals surface area contributed by atoms with E-state index in [0.29, 0.717) is 12.0 Å². The maximum atomic E-state index is 14.2. The normalized spacial score (nSPS) is 14.2. The van der Waals surface area contributed by atoms with Gasteiger partial charge in [0.05, 0.1) is 0 Å². The van der Waals surface area contributed by atoms with Crippen molar-refractivity contribution in [2.24, 2.45) is 5.73 Å². The van der Waals surface area contributed by atoms with E-state index in [4.69, 9.17) is 5.73 Å². The number of hydrogen-bond donors (Lipinski definition) is 1. The Balaban J connectivity index is 2.99. The van der Waals surface area contributed by atoms with Gasteiger partial charge < -0.3 is 10.6 Å². The summed E-state index contributed by atoms with van der Waals surface area (Å²) in [7, 11) is 1.74. The number of hydrogen-bond acceptors (Lipinski definition) is 2. The topological polar surface area (TPSA) is 29.3 Å². The average molecular weight is 284 g/mol. The summed E-state index contributed by atoms with van der Waals surface area (Å²) in [6, 6.07) is 2.86. The van der Waals surface area contributed by atoms with Gasteiger partial charge in [0.15, 0.2) is 0 Å². The third kappa shape index (κ3) is 4.17. The second-order valence-electron chi connectivity index (χ2n) is 5.53. The van der Waals surface area contributed by atoms with E-state index in [2.05, 4.69) is 6.92 Å². The van der Waals surface area contributed by atoms with Gasteiger partial charge in [-0.25, -0.2) is 8.78 Å². The fourth-order valence-electron chi connectivity index (χ4n) is 2.35. The van der Waals surface area contributed by atoms with Crippen LogP contribution >= 0.6 is 0 Å². The molecule has 2 N–H and O–H groups in total. The Morgan fingerprint density at radius 1 is 1.20 bits per heavy atom. The SMILES string of the molecule is CCCC(C)N(C)c1c(F)cc(CC(N)CC)cc1F. The summed E-state index contributed by atoms with van der Waals surface area (Å²) >= 11 is 0. The van der Waals surface area contributed by atoms with Crippen LogP contribution in [-0.2, 0) is 6.42 Å². The van der Waals surface area contributed by atoms with Gasteiger partial charge in [0.25, 0.3) is 0 Å². The van der Waals surface area contributed by atoms with Crippen LogP contribution in [0.1, 0.15) is 45.6 Å². The summed E-state index contributed by atoms with van der Waals surface area (Å²) in [4.78, 5) is 1.68. The summed E-state index contributed by atoms with van der Waals surface area (Å²) in [5, 5.41) is 0. The quantitative estimate of drug-likeness (QED) is 0.823. The van der Waals surface area contributed by atoms with Crippen molar-refractivity contribution < 1.29 is 8.78 Å². The molecular formula is C16H26F2N2. The van der Waals surface area contributed by atoms with E-state index < -0.39 is 11.6 Å². The first-order chi connectivity index (χ1) is 9.40. The van der Waals surface area contributed by atoms with Crippen LogP contribution in [-0.4, -0.2) is 19.1 Å². The van der Waals surface area contributed by atoms with Gasteiger partial charge in [0.1, 0.15) is 17.3 Å². The number of rotatable bonds is 7. The van der Waals surface area contributed by atoms with E-state index in [1.807, 2.05) is 13.8 Å². The molecule has 2 atom stereocenters. The summed E-state index contributed by atoms with van der Waals surface area (Å²) in [5.74, 6) is -1.01. The van der Waals surface area contributed by atoms with Crippen LogP contribution in [0, 0.1) is 11.6 Å². The van der Waals surface area contributed by atoms with Crippen molar-refractivity contribution in [3.8, 4) is 0 Å². The molecule has 1 rings (SSSR count). The zero-order chi connectivity index (χ0) is 15.3. The zero-order valence-corrected chi connectivity index (χ0v) is 12.9. The van der Waals surface area contributed by atoms with Crippen molar-refractivity contribution in [3.05, 3.63) is 29.3 Å². The largest absolute Gasteiger partial charge is 0.367 e. The molecule has 0 aromatic heterocycles. The van der Waals surface area contributed by atoms with Crippen LogP contribution < -0.4 is 10.6 Å². The molecule has 0 bridgehead atoms. The Bertz CT molecular complexity index is 411. The lowest BCUT2D eigenvalue weighted by atomic mass is 10.0. The van der Waals surface area contributed by atoms with Crippen LogP contribution in [0.2, 0.25) is 0 Å². The van der Waals surface area contributed by atoms with Gasteiger partial charge in [0, 0.05) is 19.1 Å². The molecule has 2 unspecified atom stereocenters. The smallest absolute Gasteiger partial charge is 0.149 e. The summed E-state index contributed by atoms with van der Waals surface area (Å²) < 4.78 is 28.4. The minimum atomic E-state index is -0.506. The first kappa shape index (κ1) is 16.9. The first-order valence-corrected chi connectivity index (χ1v) is 7.36. The molecule has 0 spiro atoms. The van der Waals surface area contributed by atoms with Gasteiger partial charge in [0.2, 0.25) is 0 Å². The third-order valence-electron chi connectivity index (χ3n) is 3.82. The Morgan fingerprint density at radius 2 is 1.75 bits per heavy atom. The van der Waals surface area contributed by atoms with Gasteiger partial charge in [-0.3, -0.25) is 0 Å². The molecule has 1 aromatic carbocycles. The summed E-state index contributed by atoms with van der Waals surface area (Å²) in [5.41, 5.74) is 6.51. The number of benzene rings is 1. The van der Waals surface area contributed by atoms with E-state index in [-0.39, 0.29) is 17.8 Å². The first-order valence-electron chi connectivity index (χ1n) is 7.36. The van der Waals surface area contributed by atoms with E-state index in [0.717, 1.165) is 19.3 Å². The number of halogens is 2. The predicted octanol–water partition coefficient (Wildman–Crippen LogP) is 3.87. The van der Waals surface area contributed by atoms with Crippen molar-refractivity contribution in [2.45, 2.75) is 58.5 Å². The Morgan fingerprint density at radius 3 is 2.20 bits per heavy atom. The van der Waals surface area contributed by atoms with Crippen LogP contribution in [0.3, 0.4) is 0 Å². The maximum absolute atomic E-state index is 14.2. The molecule has 0 saturated heterocycles. The van der Waals surface area contributed by atoms with Crippen molar-refractivity contribution in [1.29, 1.82) is 0 Å². The molecular weight excluding hydrogens is 258 g/mol. The molecule has 114 valence electrons. The molecule has 4 heteroatoms. The molecule has 2 nitrogen and oxygen atoms in total. The lowest BCUT2D eigenvalue weighted by molar-refractivity contribution is 0.542. The molecule has 0 aliphatic rings. The highest BCUT2D eigenvalue weighted by molar-refractivity contribution is 5.51. The minimum Gasteiger partial charge on any atom is -0.367 e. The van der Waals surface area contributed by atoms with Gasteiger partial charge in [-0.2, -0.15) is 0 Å². The number of anilines is 1. The van der Waals surface area contributed by atoms with Gasteiger partial charge in [-0.05, 0) is 43.9 Å². The molecule has 0 saturated carbocycles. The maximum Gasteiger partial charge on any atom is 0.149 e. The molecule has 0 radical (unpaired) electrons. The Hall–Kier alpha value is -1.16. The predicted molar refractivity (Wildman–Crippen MR) is 81.1 cm³/mol. The number of nitrogens with two attached hydrogens (primary N) is 1. The van der Waals surface area contributed by atoms with Crippen molar-refractivity contribution in [3.63, 3.8) is 0 Å². The van der Waals surface area contributed by atoms with Gasteiger partial charge in [-0.1, -0.05) is 20.3 Å². The van der Waals surface area contributed by atoms with Crippen LogP contribution in [0.5, 0.6) is 0 Å². The third-order valence-corrected chi connectivity index (χ3v) is 3.82. The van der Waals surface area contributed by atoms with Crippen molar-refractivity contribution >= 4 is 5.69 Å². The summed E-state index contributed by atoms with van der Waals surface area (Å²) in [6.07, 6.45) is 3.17. The summed E-state index contributed by atoms with van der Waals surface area (Å²) in [6.45, 7) is 6.00. The van der Waals surface area contributed by atoms with Crippen LogP contribution in [0.4, 0.5) is 14.5 Å². The molecule has 0 fully saturated rings. The molecule has 20 heavy (non-hydrogen) atoms. The van der Waals surface area contributed by atoms with Gasteiger partial charge >= 0.3 is 0 Å². The molecule has 1 aromatic rings. The standard InChI is InChI=1S/C16H26F2N2/c1-5-7-11(3)20(4)16-14(17)9-12(10-15(16)18)8-13(19)6-2/h9-11,13H,5-8,19H2,1-4H3. The van der Waals surface area contributed by atoms with E-state index >= 15 is 0 Å². The van der Waals surface area contributed by atoms with E-state index in [9.17, 15) is 8.78 Å². The van der Waals surface area contributed by atoms with Crippen LogP contribution in [0.25, 0.3) is 0 Å². The fraction of sp³-hybridized carbons (Fsp3) is 0.625. The van der Waals surface area contributed by atoms with Gasteiger partial charge in [-0.15, -0.1) is 0 Å². The second-order valence-corrected chi connectivity index (χ2v) is 5.53. The van der Waals surface area contributed by atoms with Crippen molar-refractivity contribution in [2.75, 3.05) is 11.9 Å². The van der Waals surface area contributed by atoms with E-state index in [1.165, 1.54) is 12.1 Å². The molecule has 0 heterocycles. The number of nitrogens with zero attached hydrogens (tertiary/aromatic N) is 1. The highest BCUT2D eigenvalue weighted by atomic mass is 19.1. The molecule has 0 aliphatic heterocycles. The minimum absolute atomic E-state index is 0.0553.